The van der Waals surface area contributed by atoms with Crippen LogP contribution in [0.1, 0.15) is 51.8 Å². The largest absolute Gasteiger partial charge is 0.299 e. The van der Waals surface area contributed by atoms with Gasteiger partial charge in [-0.15, -0.1) is 0 Å². The Labute approximate surface area is 91.5 Å². The number of hydrogen-bond acceptors (Lipinski definition) is 1. The maximum absolute atomic E-state index is 12.1. The minimum absolute atomic E-state index is 0.163. The summed E-state index contributed by atoms with van der Waals surface area (Å²) < 4.78 is 1.75. The summed E-state index contributed by atoms with van der Waals surface area (Å²) in [5.74, 6) is 0.795. The van der Waals surface area contributed by atoms with E-state index in [1.165, 1.54) is 0 Å². The van der Waals surface area contributed by atoms with Gasteiger partial charge in [0.15, 0.2) is 0 Å². The van der Waals surface area contributed by atoms with Crippen molar-refractivity contribution in [2.75, 3.05) is 0 Å². The lowest BCUT2D eigenvalue weighted by molar-refractivity contribution is 0.469. The Balaban J connectivity index is 3.16. The molecule has 0 aromatic carbocycles. The monoisotopic (exact) mass is 210 g/mol. The van der Waals surface area contributed by atoms with Crippen LogP contribution in [0, 0.1) is 5.92 Å². The van der Waals surface area contributed by atoms with E-state index in [9.17, 15) is 4.79 Å². The van der Waals surface area contributed by atoms with Crippen molar-refractivity contribution in [3.63, 3.8) is 0 Å². The van der Waals surface area contributed by atoms with Crippen LogP contribution in [-0.4, -0.2) is 9.78 Å². The van der Waals surface area contributed by atoms with E-state index < -0.39 is 0 Å². The summed E-state index contributed by atoms with van der Waals surface area (Å²) in [5, 5.41) is 3.22. The molecule has 15 heavy (non-hydrogen) atoms. The van der Waals surface area contributed by atoms with Crippen LogP contribution in [0.3, 0.4) is 0 Å². The van der Waals surface area contributed by atoms with E-state index in [0.717, 1.165) is 24.2 Å². The number of nitrogens with one attached hydrogen (secondary N) is 1. The molecule has 0 spiro atoms. The highest BCUT2D eigenvalue weighted by Crippen LogP contribution is 2.14. The highest BCUT2D eigenvalue weighted by Gasteiger charge is 2.15. The molecule has 0 aliphatic heterocycles. The van der Waals surface area contributed by atoms with Gasteiger partial charge in [0.2, 0.25) is 0 Å². The molecule has 0 unspecified atom stereocenters. The van der Waals surface area contributed by atoms with Crippen LogP contribution in [-0.2, 0) is 13.0 Å². The van der Waals surface area contributed by atoms with Gasteiger partial charge in [0.1, 0.15) is 0 Å². The first-order valence-corrected chi connectivity index (χ1v) is 5.78. The highest BCUT2D eigenvalue weighted by atomic mass is 16.1. The van der Waals surface area contributed by atoms with Crippen molar-refractivity contribution < 1.29 is 0 Å². The van der Waals surface area contributed by atoms with E-state index in [4.69, 9.17) is 0 Å². The number of nitrogens with zero attached hydrogens (tertiary/aromatic N) is 1. The molecular weight excluding hydrogens is 188 g/mol. The third kappa shape index (κ3) is 2.52. The minimum atomic E-state index is 0.163. The highest BCUT2D eigenvalue weighted by molar-refractivity contribution is 5.21. The fraction of sp³-hybridized carbons (Fsp3) is 0.750. The molecular formula is C12H22N2O. The second-order valence-corrected chi connectivity index (χ2v) is 4.82. The number of rotatable bonds is 4. The maximum atomic E-state index is 12.1. The van der Waals surface area contributed by atoms with E-state index in [0.29, 0.717) is 11.8 Å². The number of aromatic nitrogens is 2. The Morgan fingerprint density at radius 2 is 1.87 bits per heavy atom. The van der Waals surface area contributed by atoms with Crippen LogP contribution in [0.2, 0.25) is 0 Å². The molecule has 1 aromatic rings. The van der Waals surface area contributed by atoms with Crippen LogP contribution in [0.5, 0.6) is 0 Å². The van der Waals surface area contributed by atoms with Crippen molar-refractivity contribution in [1.82, 2.24) is 9.78 Å². The normalized spacial score (nSPS) is 11.7. The second-order valence-electron chi connectivity index (χ2n) is 4.82. The Morgan fingerprint density at radius 1 is 1.27 bits per heavy atom. The Kier molecular flexibility index (Phi) is 3.77. The zero-order valence-corrected chi connectivity index (χ0v) is 10.4. The van der Waals surface area contributed by atoms with Gasteiger partial charge in [0.25, 0.3) is 5.56 Å². The molecule has 0 atom stereocenters. The first-order chi connectivity index (χ1) is 6.97. The lowest BCUT2D eigenvalue weighted by atomic mass is 10.0. The maximum Gasteiger partial charge on any atom is 0.270 e. The molecule has 1 rings (SSSR count). The van der Waals surface area contributed by atoms with E-state index in [2.05, 4.69) is 39.7 Å². The lowest BCUT2D eigenvalue weighted by Gasteiger charge is -2.04. The van der Waals surface area contributed by atoms with Crippen LogP contribution < -0.4 is 5.56 Å². The molecule has 3 nitrogen and oxygen atoms in total. The summed E-state index contributed by atoms with van der Waals surface area (Å²) in [7, 11) is 0. The molecule has 1 heterocycles. The number of hydrogen-bond donors (Lipinski definition) is 1. The molecule has 0 saturated carbocycles. The van der Waals surface area contributed by atoms with E-state index >= 15 is 0 Å². The summed E-state index contributed by atoms with van der Waals surface area (Å²) in [6.45, 7) is 11.2. The van der Waals surface area contributed by atoms with Gasteiger partial charge in [-0.25, -0.2) is 0 Å². The molecule has 1 aromatic heterocycles. The lowest BCUT2D eigenvalue weighted by Crippen LogP contribution is -2.22. The van der Waals surface area contributed by atoms with Crippen molar-refractivity contribution in [3.8, 4) is 0 Å². The summed E-state index contributed by atoms with van der Waals surface area (Å²) >= 11 is 0. The quantitative estimate of drug-likeness (QED) is 0.814. The van der Waals surface area contributed by atoms with Gasteiger partial charge >= 0.3 is 0 Å². The summed E-state index contributed by atoms with van der Waals surface area (Å²) in [6.07, 6.45) is 0.897. The Bertz CT molecular complexity index is 371. The van der Waals surface area contributed by atoms with E-state index in [1.54, 1.807) is 4.68 Å². The third-order valence-electron chi connectivity index (χ3n) is 2.55. The SMILES string of the molecule is CCc1[nH]n(CC(C)C)c(=O)c1C(C)C. The van der Waals surface area contributed by atoms with Crippen molar-refractivity contribution in [2.24, 2.45) is 5.92 Å². The topological polar surface area (TPSA) is 37.8 Å². The van der Waals surface area contributed by atoms with Gasteiger partial charge in [-0.1, -0.05) is 34.6 Å². The van der Waals surface area contributed by atoms with Gasteiger partial charge in [-0.2, -0.15) is 0 Å². The predicted molar refractivity (Wildman–Crippen MR) is 63.4 cm³/mol. The van der Waals surface area contributed by atoms with Crippen molar-refractivity contribution in [1.29, 1.82) is 0 Å². The molecule has 3 heteroatoms. The summed E-state index contributed by atoms with van der Waals surface area (Å²) in [4.78, 5) is 12.1. The number of aryl methyl sites for hydroxylation is 1. The number of aromatic amines is 1. The molecule has 86 valence electrons. The average molecular weight is 210 g/mol. The Morgan fingerprint density at radius 3 is 2.20 bits per heavy atom. The van der Waals surface area contributed by atoms with Gasteiger partial charge in [-0.3, -0.25) is 14.6 Å². The molecule has 0 aliphatic carbocycles. The standard InChI is InChI=1S/C12H22N2O/c1-6-10-11(9(4)5)12(15)14(13-10)7-8(2)3/h8-9,13H,6-7H2,1-5H3. The minimum Gasteiger partial charge on any atom is -0.299 e. The van der Waals surface area contributed by atoms with Crippen LogP contribution >= 0.6 is 0 Å². The molecule has 0 amide bonds. The van der Waals surface area contributed by atoms with Crippen molar-refractivity contribution >= 4 is 0 Å². The Hall–Kier alpha value is -0.990. The van der Waals surface area contributed by atoms with Crippen LogP contribution in [0.25, 0.3) is 0 Å². The van der Waals surface area contributed by atoms with Gasteiger partial charge in [-0.05, 0) is 18.3 Å². The zero-order valence-electron chi connectivity index (χ0n) is 10.4. The first kappa shape index (κ1) is 12.1. The molecule has 0 aliphatic rings. The zero-order chi connectivity index (χ0) is 11.6. The van der Waals surface area contributed by atoms with Crippen LogP contribution in [0.4, 0.5) is 0 Å². The van der Waals surface area contributed by atoms with Gasteiger partial charge < -0.3 is 0 Å². The molecule has 1 N–H and O–H groups in total. The fourth-order valence-corrected chi connectivity index (χ4v) is 1.91. The average Bonchev–Trinajstić information content (AvgIpc) is 2.42. The van der Waals surface area contributed by atoms with Gasteiger partial charge in [0.05, 0.1) is 0 Å². The fourth-order valence-electron chi connectivity index (χ4n) is 1.91. The first-order valence-electron chi connectivity index (χ1n) is 5.78. The molecule has 0 bridgehead atoms. The molecule has 0 radical (unpaired) electrons. The summed E-state index contributed by atoms with van der Waals surface area (Å²) in [6, 6.07) is 0. The van der Waals surface area contributed by atoms with Crippen molar-refractivity contribution in [3.05, 3.63) is 21.6 Å². The predicted octanol–water partition coefficient (Wildman–Crippen LogP) is 2.52. The van der Waals surface area contributed by atoms with E-state index in [-0.39, 0.29) is 5.56 Å². The van der Waals surface area contributed by atoms with Crippen LogP contribution in [0.15, 0.2) is 4.79 Å². The molecule has 0 fully saturated rings. The van der Waals surface area contributed by atoms with Crippen molar-refractivity contribution in [2.45, 2.75) is 53.5 Å². The summed E-state index contributed by atoms with van der Waals surface area (Å²) in [5.41, 5.74) is 2.21. The second kappa shape index (κ2) is 4.69. The smallest absolute Gasteiger partial charge is 0.270 e. The van der Waals surface area contributed by atoms with Gasteiger partial charge in [0, 0.05) is 17.8 Å². The third-order valence-corrected chi connectivity index (χ3v) is 2.55. The van der Waals surface area contributed by atoms with E-state index in [1.807, 2.05) is 0 Å². The number of H-pyrrole nitrogens is 1. The molecule has 0 saturated heterocycles.